The standard InChI is InChI=1S/C18H32O13/c1-3-11(21)28-8(2)5-27-6-10-13(23)16(26)18(7-20,30-10)31-17-15(25)14(24)12(22)9(4-19)29-17/h8-10,12-17,19-20,22-26H,3-7H2,1-2H3/t8?,9?,10-,12-,13+,14+,15?,16?,17-,18+/m1/s1. The molecule has 2 fully saturated rings. The van der Waals surface area contributed by atoms with Crippen molar-refractivity contribution in [2.75, 3.05) is 26.4 Å². The molecule has 4 unspecified atom stereocenters. The number of carbonyl (C=O) groups excluding carboxylic acids is 1. The average molecular weight is 456 g/mol. The van der Waals surface area contributed by atoms with Gasteiger partial charge in [0, 0.05) is 6.42 Å². The molecule has 13 nitrogen and oxygen atoms in total. The third kappa shape index (κ3) is 5.89. The largest absolute Gasteiger partial charge is 0.460 e. The molecule has 0 amide bonds. The van der Waals surface area contributed by atoms with Crippen LogP contribution in [0.15, 0.2) is 0 Å². The van der Waals surface area contributed by atoms with Crippen molar-refractivity contribution in [2.24, 2.45) is 0 Å². The van der Waals surface area contributed by atoms with E-state index in [1.54, 1.807) is 13.8 Å². The molecule has 2 aliphatic rings. The average Bonchev–Trinajstić information content (AvgIpc) is 2.99. The molecule has 0 aromatic heterocycles. The Balaban J connectivity index is 2.00. The third-order valence-corrected chi connectivity index (χ3v) is 5.15. The second-order valence-electron chi connectivity index (χ2n) is 7.57. The van der Waals surface area contributed by atoms with Crippen LogP contribution in [-0.4, -0.2) is 129 Å². The lowest BCUT2D eigenvalue weighted by Crippen LogP contribution is -2.62. The van der Waals surface area contributed by atoms with E-state index in [2.05, 4.69) is 0 Å². The molecule has 0 aliphatic carbocycles. The van der Waals surface area contributed by atoms with Crippen molar-refractivity contribution in [2.45, 2.75) is 81.2 Å². The van der Waals surface area contributed by atoms with Gasteiger partial charge < -0.3 is 59.4 Å². The monoisotopic (exact) mass is 456 g/mol. The van der Waals surface area contributed by atoms with E-state index in [0.717, 1.165) is 0 Å². The fourth-order valence-corrected chi connectivity index (χ4v) is 3.31. The number of hydrogen-bond acceptors (Lipinski definition) is 13. The predicted octanol–water partition coefficient (Wildman–Crippen LogP) is -4.03. The molecule has 0 saturated carbocycles. The van der Waals surface area contributed by atoms with E-state index in [1.165, 1.54) is 0 Å². The lowest BCUT2D eigenvalue weighted by molar-refractivity contribution is -0.383. The summed E-state index contributed by atoms with van der Waals surface area (Å²) in [5, 5.41) is 69.6. The van der Waals surface area contributed by atoms with E-state index < -0.39 is 80.1 Å². The smallest absolute Gasteiger partial charge is 0.305 e. The fourth-order valence-electron chi connectivity index (χ4n) is 3.31. The molecule has 2 saturated heterocycles. The first-order valence-electron chi connectivity index (χ1n) is 10.0. The summed E-state index contributed by atoms with van der Waals surface area (Å²) >= 11 is 0. The number of aliphatic hydroxyl groups is 7. The zero-order valence-corrected chi connectivity index (χ0v) is 17.3. The Hall–Kier alpha value is -0.970. The number of aliphatic hydroxyl groups excluding tert-OH is 7. The molecule has 0 radical (unpaired) electrons. The highest BCUT2D eigenvalue weighted by molar-refractivity contribution is 5.69. The summed E-state index contributed by atoms with van der Waals surface area (Å²) in [6.45, 7) is 1.29. The van der Waals surface area contributed by atoms with Gasteiger partial charge in [0.05, 0.1) is 19.8 Å². The first-order valence-corrected chi connectivity index (χ1v) is 10.0. The summed E-state index contributed by atoms with van der Waals surface area (Å²) in [5.41, 5.74) is 0. The van der Waals surface area contributed by atoms with Crippen LogP contribution in [0.3, 0.4) is 0 Å². The number of hydrogen-bond donors (Lipinski definition) is 7. The maximum Gasteiger partial charge on any atom is 0.305 e. The van der Waals surface area contributed by atoms with Crippen LogP contribution < -0.4 is 0 Å². The van der Waals surface area contributed by atoms with Crippen LogP contribution in [0.1, 0.15) is 20.3 Å². The minimum atomic E-state index is -2.25. The fraction of sp³-hybridized carbons (Fsp3) is 0.944. The van der Waals surface area contributed by atoms with E-state index in [9.17, 15) is 40.5 Å². The zero-order valence-electron chi connectivity index (χ0n) is 17.3. The molecule has 2 aliphatic heterocycles. The maximum atomic E-state index is 11.3. The molecule has 2 rings (SSSR count). The van der Waals surface area contributed by atoms with E-state index >= 15 is 0 Å². The highest BCUT2D eigenvalue weighted by Gasteiger charge is 2.58. The van der Waals surface area contributed by atoms with E-state index in [0.29, 0.717) is 0 Å². The Morgan fingerprint density at radius 1 is 1.03 bits per heavy atom. The number of esters is 1. The Morgan fingerprint density at radius 3 is 2.29 bits per heavy atom. The summed E-state index contributed by atoms with van der Waals surface area (Å²) in [7, 11) is 0. The van der Waals surface area contributed by atoms with Gasteiger partial charge in [-0.1, -0.05) is 6.92 Å². The molecular formula is C18H32O13. The summed E-state index contributed by atoms with van der Waals surface area (Å²) in [4.78, 5) is 11.3. The van der Waals surface area contributed by atoms with E-state index in [1.807, 2.05) is 0 Å². The molecule has 182 valence electrons. The second kappa shape index (κ2) is 11.2. The molecule has 2 heterocycles. The summed E-state index contributed by atoms with van der Waals surface area (Å²) in [5.74, 6) is -2.66. The van der Waals surface area contributed by atoms with Crippen LogP contribution in [0.5, 0.6) is 0 Å². The third-order valence-electron chi connectivity index (χ3n) is 5.15. The van der Waals surface area contributed by atoms with Gasteiger partial charge in [-0.25, -0.2) is 0 Å². The first-order chi connectivity index (χ1) is 14.6. The van der Waals surface area contributed by atoms with Crippen molar-refractivity contribution in [3.63, 3.8) is 0 Å². The van der Waals surface area contributed by atoms with Crippen molar-refractivity contribution >= 4 is 5.97 Å². The Bertz CT molecular complexity index is 575. The first kappa shape index (κ1) is 26.3. The van der Waals surface area contributed by atoms with Gasteiger partial charge in [0.2, 0.25) is 5.79 Å². The van der Waals surface area contributed by atoms with Crippen molar-refractivity contribution in [3.8, 4) is 0 Å². The van der Waals surface area contributed by atoms with Crippen LogP contribution in [-0.2, 0) is 28.5 Å². The Labute approximate surface area is 178 Å². The van der Waals surface area contributed by atoms with Crippen LogP contribution in [0.2, 0.25) is 0 Å². The minimum absolute atomic E-state index is 0.0197. The van der Waals surface area contributed by atoms with Gasteiger partial charge in [-0.3, -0.25) is 4.79 Å². The molecule has 0 bridgehead atoms. The van der Waals surface area contributed by atoms with E-state index in [4.69, 9.17) is 23.7 Å². The Morgan fingerprint density at radius 2 is 1.71 bits per heavy atom. The van der Waals surface area contributed by atoms with Gasteiger partial charge in [0.1, 0.15) is 55.4 Å². The molecule has 0 aromatic rings. The molecule has 31 heavy (non-hydrogen) atoms. The lowest BCUT2D eigenvalue weighted by Gasteiger charge is -2.43. The van der Waals surface area contributed by atoms with Crippen molar-refractivity contribution in [1.82, 2.24) is 0 Å². The van der Waals surface area contributed by atoms with Gasteiger partial charge in [-0.15, -0.1) is 0 Å². The van der Waals surface area contributed by atoms with Crippen LogP contribution in [0, 0.1) is 0 Å². The van der Waals surface area contributed by atoms with Gasteiger partial charge >= 0.3 is 5.97 Å². The van der Waals surface area contributed by atoms with Crippen LogP contribution >= 0.6 is 0 Å². The van der Waals surface area contributed by atoms with Crippen molar-refractivity contribution < 1.29 is 64.2 Å². The van der Waals surface area contributed by atoms with Crippen molar-refractivity contribution in [3.05, 3.63) is 0 Å². The van der Waals surface area contributed by atoms with Gasteiger partial charge in [-0.05, 0) is 6.92 Å². The number of ether oxygens (including phenoxy) is 5. The number of carbonyl (C=O) groups is 1. The summed E-state index contributed by atoms with van der Waals surface area (Å²) in [6.07, 6.45) is -13.1. The summed E-state index contributed by atoms with van der Waals surface area (Å²) in [6, 6.07) is 0. The molecule has 7 N–H and O–H groups in total. The molecule has 0 spiro atoms. The highest BCUT2D eigenvalue weighted by atomic mass is 16.8. The molecule has 0 aromatic carbocycles. The van der Waals surface area contributed by atoms with Gasteiger partial charge in [-0.2, -0.15) is 0 Å². The topological polar surface area (TPSA) is 205 Å². The minimum Gasteiger partial charge on any atom is -0.460 e. The van der Waals surface area contributed by atoms with E-state index in [-0.39, 0.29) is 19.6 Å². The maximum absolute atomic E-state index is 11.3. The molecule has 13 heteroatoms. The lowest BCUT2D eigenvalue weighted by atomic mass is 9.99. The predicted molar refractivity (Wildman–Crippen MR) is 98.2 cm³/mol. The Kier molecular flexibility index (Phi) is 9.54. The molecule has 10 atom stereocenters. The van der Waals surface area contributed by atoms with Gasteiger partial charge in [0.25, 0.3) is 0 Å². The van der Waals surface area contributed by atoms with Crippen LogP contribution in [0.25, 0.3) is 0 Å². The zero-order chi connectivity index (χ0) is 23.3. The highest BCUT2D eigenvalue weighted by Crippen LogP contribution is 2.36. The normalized spacial score (nSPS) is 41.8. The SMILES string of the molecule is CCC(=O)OC(C)COC[C@H]1O[C@@](CO)(O[C@H]2OC(CO)[C@@H](O)[C@H](O)C2O)C(O)[C@H]1O. The quantitative estimate of drug-likeness (QED) is 0.157. The number of rotatable bonds is 10. The van der Waals surface area contributed by atoms with Crippen LogP contribution in [0.4, 0.5) is 0 Å². The molecular weight excluding hydrogens is 424 g/mol. The summed E-state index contributed by atoms with van der Waals surface area (Å²) < 4.78 is 26.5. The second-order valence-corrected chi connectivity index (χ2v) is 7.57. The van der Waals surface area contributed by atoms with Gasteiger partial charge in [0.15, 0.2) is 6.29 Å². The van der Waals surface area contributed by atoms with Crippen molar-refractivity contribution in [1.29, 1.82) is 0 Å².